The van der Waals surface area contributed by atoms with E-state index in [0.29, 0.717) is 10.8 Å². The predicted molar refractivity (Wildman–Crippen MR) is 119 cm³/mol. The molecule has 5 aromatic rings. The maximum Gasteiger partial charge on any atom is 0.192 e. The monoisotopic (exact) mass is 431 g/mol. The normalized spacial score (nSPS) is 11.7. The van der Waals surface area contributed by atoms with E-state index in [2.05, 4.69) is 43.6 Å². The largest absolute Gasteiger partial charge is 0.387 e. The van der Waals surface area contributed by atoms with Gasteiger partial charge in [0.05, 0.1) is 23.5 Å². The van der Waals surface area contributed by atoms with Gasteiger partial charge >= 0.3 is 0 Å². The third-order valence-corrected chi connectivity index (χ3v) is 5.37. The lowest BCUT2D eigenvalue weighted by Crippen LogP contribution is -1.99. The number of hydrogen-bond acceptors (Lipinski definition) is 6. The van der Waals surface area contributed by atoms with Crippen LogP contribution in [0.4, 0.5) is 0 Å². The van der Waals surface area contributed by atoms with Crippen LogP contribution in [0.1, 0.15) is 22.6 Å². The quantitative estimate of drug-likeness (QED) is 0.306. The molecule has 0 fully saturated rings. The lowest BCUT2D eigenvalue weighted by molar-refractivity contribution is 0.126. The molecule has 0 N–H and O–H groups in total. The zero-order valence-electron chi connectivity index (χ0n) is 16.9. The van der Waals surface area contributed by atoms with Gasteiger partial charge in [0.1, 0.15) is 6.33 Å². The van der Waals surface area contributed by atoms with Crippen molar-refractivity contribution in [3.8, 4) is 5.69 Å². The lowest BCUT2D eigenvalue weighted by Gasteiger charge is -2.06. The third kappa shape index (κ3) is 3.51. The lowest BCUT2D eigenvalue weighted by atomic mass is 10.2. The van der Waals surface area contributed by atoms with Crippen LogP contribution in [-0.4, -0.2) is 35.3 Å². The molecule has 0 aliphatic carbocycles. The van der Waals surface area contributed by atoms with E-state index in [1.165, 1.54) is 0 Å². The Bertz CT molecular complexity index is 1410. The maximum atomic E-state index is 5.89. The Morgan fingerprint density at radius 1 is 1.13 bits per heavy atom. The van der Waals surface area contributed by atoms with Crippen molar-refractivity contribution in [2.24, 2.45) is 5.16 Å². The van der Waals surface area contributed by atoms with Crippen molar-refractivity contribution in [1.29, 1.82) is 0 Å². The summed E-state index contributed by atoms with van der Waals surface area (Å²) in [6.45, 7) is 4.27. The molecule has 0 saturated heterocycles. The van der Waals surface area contributed by atoms with Gasteiger partial charge in [0.15, 0.2) is 23.7 Å². The minimum atomic E-state index is 0.147. The van der Waals surface area contributed by atoms with Gasteiger partial charge in [0.2, 0.25) is 0 Å². The van der Waals surface area contributed by atoms with Crippen LogP contribution < -0.4 is 0 Å². The molecule has 9 heteroatoms. The summed E-state index contributed by atoms with van der Waals surface area (Å²) in [4.78, 5) is 18.9. The molecule has 0 aliphatic heterocycles. The zero-order valence-corrected chi connectivity index (χ0v) is 17.7. The molecular formula is C22H18ClN7O. The highest BCUT2D eigenvalue weighted by atomic mass is 35.5. The van der Waals surface area contributed by atoms with Crippen molar-refractivity contribution in [3.63, 3.8) is 0 Å². The number of fused-ring (bicyclic) bond motifs is 3. The number of benzene rings is 1. The molecule has 4 heterocycles. The number of nitrogens with zero attached hydrogens (tertiary/aromatic N) is 7. The van der Waals surface area contributed by atoms with E-state index in [-0.39, 0.29) is 6.61 Å². The first-order valence-corrected chi connectivity index (χ1v) is 10.0. The van der Waals surface area contributed by atoms with Crippen molar-refractivity contribution >= 4 is 34.5 Å². The van der Waals surface area contributed by atoms with E-state index in [1.807, 2.05) is 30.5 Å². The molecule has 0 aliphatic rings. The molecule has 0 unspecified atom stereocenters. The molecule has 4 aromatic heterocycles. The van der Waals surface area contributed by atoms with Crippen LogP contribution in [0.25, 0.3) is 22.4 Å². The van der Waals surface area contributed by atoms with Gasteiger partial charge in [-0.3, -0.25) is 9.55 Å². The van der Waals surface area contributed by atoms with Gasteiger partial charge in [-0.1, -0.05) is 28.9 Å². The molecule has 0 spiro atoms. The standard InChI is InChI=1S/C22H18ClN7O/c1-14-15(2)30(18-4-3-9-24-11-18)21-20(14)22-27-19(28-29(22)13-25-21)12-31-26-10-16-5-7-17(23)8-6-16/h3-11,13H,12H2,1-2H3/b26-10+. The van der Waals surface area contributed by atoms with Crippen LogP contribution in [0.15, 0.2) is 60.3 Å². The molecule has 31 heavy (non-hydrogen) atoms. The fourth-order valence-corrected chi connectivity index (χ4v) is 3.64. The number of rotatable bonds is 5. The summed E-state index contributed by atoms with van der Waals surface area (Å²) in [5, 5.41) is 10.1. The van der Waals surface area contributed by atoms with Gasteiger partial charge < -0.3 is 4.84 Å². The summed E-state index contributed by atoms with van der Waals surface area (Å²) in [6.07, 6.45) is 6.85. The summed E-state index contributed by atoms with van der Waals surface area (Å²) in [5.74, 6) is 0.522. The highest BCUT2D eigenvalue weighted by molar-refractivity contribution is 6.30. The van der Waals surface area contributed by atoms with Gasteiger partial charge in [-0.15, -0.1) is 5.10 Å². The smallest absolute Gasteiger partial charge is 0.192 e. The molecule has 0 radical (unpaired) electrons. The van der Waals surface area contributed by atoms with E-state index in [0.717, 1.165) is 39.2 Å². The van der Waals surface area contributed by atoms with Crippen LogP contribution >= 0.6 is 11.6 Å². The van der Waals surface area contributed by atoms with E-state index in [9.17, 15) is 0 Å². The number of pyridine rings is 1. The first-order chi connectivity index (χ1) is 15.1. The van der Waals surface area contributed by atoms with E-state index >= 15 is 0 Å². The Kier molecular flexibility index (Phi) is 4.83. The van der Waals surface area contributed by atoms with Crippen LogP contribution in [-0.2, 0) is 11.4 Å². The molecule has 5 rings (SSSR count). The van der Waals surface area contributed by atoms with Crippen molar-refractivity contribution in [2.45, 2.75) is 20.5 Å². The SMILES string of the molecule is Cc1c(C)n(-c2cccnc2)c2ncn3nc(CO/N=C/c4ccc(Cl)cc4)nc3c12. The Morgan fingerprint density at radius 2 is 1.97 bits per heavy atom. The van der Waals surface area contributed by atoms with Crippen LogP contribution in [0, 0.1) is 13.8 Å². The van der Waals surface area contributed by atoms with Crippen LogP contribution in [0.5, 0.6) is 0 Å². The van der Waals surface area contributed by atoms with E-state index in [1.54, 1.807) is 35.4 Å². The average Bonchev–Trinajstić information content (AvgIpc) is 3.31. The van der Waals surface area contributed by atoms with Crippen LogP contribution in [0.2, 0.25) is 5.02 Å². The molecule has 0 saturated carbocycles. The molecule has 154 valence electrons. The van der Waals surface area contributed by atoms with Crippen molar-refractivity contribution in [2.75, 3.05) is 0 Å². The minimum absolute atomic E-state index is 0.147. The zero-order chi connectivity index (χ0) is 21.4. The molecule has 0 amide bonds. The van der Waals surface area contributed by atoms with E-state index < -0.39 is 0 Å². The summed E-state index contributed by atoms with van der Waals surface area (Å²) in [5.41, 5.74) is 5.56. The summed E-state index contributed by atoms with van der Waals surface area (Å²) in [6, 6.07) is 11.2. The second kappa shape index (κ2) is 7.81. The van der Waals surface area contributed by atoms with Gasteiger partial charge in [-0.25, -0.2) is 14.5 Å². The first kappa shape index (κ1) is 19.2. The van der Waals surface area contributed by atoms with Crippen molar-refractivity contribution < 1.29 is 4.84 Å². The average molecular weight is 432 g/mol. The van der Waals surface area contributed by atoms with E-state index in [4.69, 9.17) is 16.4 Å². The Morgan fingerprint density at radius 3 is 2.74 bits per heavy atom. The number of aromatic nitrogens is 6. The summed E-state index contributed by atoms with van der Waals surface area (Å²) >= 11 is 5.89. The third-order valence-electron chi connectivity index (χ3n) is 5.12. The Balaban J connectivity index is 1.46. The van der Waals surface area contributed by atoms with Crippen molar-refractivity contribution in [3.05, 3.63) is 82.8 Å². The molecule has 0 bridgehead atoms. The summed E-state index contributed by atoms with van der Waals surface area (Å²) in [7, 11) is 0. The highest BCUT2D eigenvalue weighted by Gasteiger charge is 2.19. The number of aryl methyl sites for hydroxylation is 1. The number of halogens is 1. The molecule has 8 nitrogen and oxygen atoms in total. The minimum Gasteiger partial charge on any atom is -0.387 e. The van der Waals surface area contributed by atoms with Gasteiger partial charge in [0.25, 0.3) is 0 Å². The molecular weight excluding hydrogens is 414 g/mol. The first-order valence-electron chi connectivity index (χ1n) is 9.65. The Hall–Kier alpha value is -3.78. The second-order valence-corrected chi connectivity index (χ2v) is 7.49. The maximum absolute atomic E-state index is 5.89. The topological polar surface area (TPSA) is 82.5 Å². The Labute approximate surface area is 182 Å². The van der Waals surface area contributed by atoms with Crippen molar-refractivity contribution in [1.82, 2.24) is 29.1 Å². The second-order valence-electron chi connectivity index (χ2n) is 7.06. The molecule has 0 atom stereocenters. The highest BCUT2D eigenvalue weighted by Crippen LogP contribution is 2.29. The predicted octanol–water partition coefficient (Wildman–Crippen LogP) is 4.28. The van der Waals surface area contributed by atoms with Gasteiger partial charge in [-0.05, 0) is 49.2 Å². The molecule has 1 aromatic carbocycles. The number of oxime groups is 1. The number of hydrogen-bond donors (Lipinski definition) is 0. The van der Waals surface area contributed by atoms with Gasteiger partial charge in [-0.2, -0.15) is 0 Å². The van der Waals surface area contributed by atoms with Gasteiger partial charge in [0, 0.05) is 16.9 Å². The fraction of sp³-hybridized carbons (Fsp3) is 0.136. The van der Waals surface area contributed by atoms with Crippen LogP contribution in [0.3, 0.4) is 0 Å². The fourth-order valence-electron chi connectivity index (χ4n) is 3.51. The summed E-state index contributed by atoms with van der Waals surface area (Å²) < 4.78 is 3.75.